The van der Waals surface area contributed by atoms with Crippen molar-refractivity contribution < 1.29 is 5.11 Å². The fourth-order valence-corrected chi connectivity index (χ4v) is 2.86. The summed E-state index contributed by atoms with van der Waals surface area (Å²) < 4.78 is 0. The van der Waals surface area contributed by atoms with Gasteiger partial charge in [0.1, 0.15) is 0 Å². The van der Waals surface area contributed by atoms with Crippen LogP contribution in [0.4, 0.5) is 5.69 Å². The van der Waals surface area contributed by atoms with E-state index < -0.39 is 0 Å². The highest BCUT2D eigenvalue weighted by Crippen LogP contribution is 2.30. The second-order valence-electron chi connectivity index (χ2n) is 5.32. The average Bonchev–Trinajstić information content (AvgIpc) is 2.74. The number of aliphatic hydroxyl groups is 1. The lowest BCUT2D eigenvalue weighted by atomic mass is 9.88. The lowest BCUT2D eigenvalue weighted by Crippen LogP contribution is -2.44. The van der Waals surface area contributed by atoms with Crippen LogP contribution in [-0.4, -0.2) is 35.7 Å². The maximum Gasteiger partial charge on any atom is 0.0570 e. The van der Waals surface area contributed by atoms with Crippen LogP contribution in [0.5, 0.6) is 0 Å². The number of anilines is 1. The first-order valence-corrected chi connectivity index (χ1v) is 6.47. The van der Waals surface area contributed by atoms with Crippen molar-refractivity contribution in [3.8, 4) is 0 Å². The molecule has 0 saturated heterocycles. The van der Waals surface area contributed by atoms with E-state index in [1.165, 1.54) is 16.8 Å². The van der Waals surface area contributed by atoms with Crippen molar-refractivity contribution in [2.45, 2.75) is 38.0 Å². The highest BCUT2D eigenvalue weighted by molar-refractivity contribution is 5.85. The minimum atomic E-state index is -0.0675. The number of hydrogen-bond donors (Lipinski definition) is 2. The van der Waals surface area contributed by atoms with Gasteiger partial charge in [0.15, 0.2) is 0 Å². The maximum atomic E-state index is 9.35. The van der Waals surface area contributed by atoms with Crippen LogP contribution >= 0.6 is 12.4 Å². The SMILES string of the molecule is CN(Cc1cccc2c1NCC2)C1CC(O)C1.Cl. The van der Waals surface area contributed by atoms with Crippen LogP contribution in [-0.2, 0) is 13.0 Å². The molecule has 0 bridgehead atoms. The van der Waals surface area contributed by atoms with Gasteiger partial charge in [-0.2, -0.15) is 0 Å². The molecule has 1 aromatic rings. The maximum absolute atomic E-state index is 9.35. The predicted octanol–water partition coefficient (Wildman–Crippen LogP) is 2.03. The Bertz CT molecular complexity index is 418. The first-order valence-electron chi connectivity index (χ1n) is 6.47. The Kier molecular flexibility index (Phi) is 4.15. The number of benzene rings is 1. The molecule has 2 N–H and O–H groups in total. The molecule has 0 spiro atoms. The Morgan fingerprint density at radius 2 is 2.17 bits per heavy atom. The van der Waals surface area contributed by atoms with Gasteiger partial charge in [-0.3, -0.25) is 4.90 Å². The molecule has 18 heavy (non-hydrogen) atoms. The molecule has 3 nitrogen and oxygen atoms in total. The number of para-hydroxylation sites is 1. The number of aliphatic hydroxyl groups excluding tert-OH is 1. The molecule has 1 fully saturated rings. The summed E-state index contributed by atoms with van der Waals surface area (Å²) in [4.78, 5) is 2.36. The van der Waals surface area contributed by atoms with E-state index in [2.05, 4.69) is 35.5 Å². The van der Waals surface area contributed by atoms with E-state index in [1.54, 1.807) is 0 Å². The van der Waals surface area contributed by atoms with Crippen LogP contribution in [0.25, 0.3) is 0 Å². The van der Waals surface area contributed by atoms with Gasteiger partial charge in [-0.05, 0) is 37.4 Å². The molecule has 0 unspecified atom stereocenters. The number of fused-ring (bicyclic) bond motifs is 1. The van der Waals surface area contributed by atoms with Gasteiger partial charge >= 0.3 is 0 Å². The minimum absolute atomic E-state index is 0. The van der Waals surface area contributed by atoms with Crippen LogP contribution in [0.15, 0.2) is 18.2 Å². The summed E-state index contributed by atoms with van der Waals surface area (Å²) in [6.45, 7) is 2.05. The summed E-state index contributed by atoms with van der Waals surface area (Å²) in [7, 11) is 2.16. The highest BCUT2D eigenvalue weighted by Gasteiger charge is 2.30. The van der Waals surface area contributed by atoms with Crippen molar-refractivity contribution in [2.24, 2.45) is 0 Å². The van der Waals surface area contributed by atoms with E-state index in [1.807, 2.05) is 0 Å². The van der Waals surface area contributed by atoms with Gasteiger partial charge in [0, 0.05) is 24.8 Å². The predicted molar refractivity (Wildman–Crippen MR) is 76.4 cm³/mol. The van der Waals surface area contributed by atoms with Crippen LogP contribution < -0.4 is 5.32 Å². The average molecular weight is 269 g/mol. The van der Waals surface area contributed by atoms with Crippen molar-refractivity contribution >= 4 is 18.1 Å². The van der Waals surface area contributed by atoms with Crippen LogP contribution in [0.2, 0.25) is 0 Å². The topological polar surface area (TPSA) is 35.5 Å². The molecule has 2 aliphatic rings. The number of rotatable bonds is 3. The monoisotopic (exact) mass is 268 g/mol. The quantitative estimate of drug-likeness (QED) is 0.881. The molecule has 0 amide bonds. The van der Waals surface area contributed by atoms with Gasteiger partial charge in [-0.1, -0.05) is 18.2 Å². The van der Waals surface area contributed by atoms with Crippen LogP contribution in [0, 0.1) is 0 Å². The van der Waals surface area contributed by atoms with Gasteiger partial charge in [-0.25, -0.2) is 0 Å². The van der Waals surface area contributed by atoms with Crippen LogP contribution in [0.1, 0.15) is 24.0 Å². The normalized spacial score (nSPS) is 25.1. The molecular formula is C14H21ClN2O. The van der Waals surface area contributed by atoms with Gasteiger partial charge in [-0.15, -0.1) is 12.4 Å². The molecule has 1 aliphatic carbocycles. The van der Waals surface area contributed by atoms with Crippen LogP contribution in [0.3, 0.4) is 0 Å². The first-order chi connectivity index (χ1) is 8.24. The molecule has 3 rings (SSSR count). The van der Waals surface area contributed by atoms with Gasteiger partial charge in [0.25, 0.3) is 0 Å². The first kappa shape index (κ1) is 13.7. The molecular weight excluding hydrogens is 248 g/mol. The smallest absolute Gasteiger partial charge is 0.0570 e. The zero-order valence-corrected chi connectivity index (χ0v) is 11.5. The van der Waals surface area contributed by atoms with Crippen molar-refractivity contribution in [1.82, 2.24) is 4.90 Å². The minimum Gasteiger partial charge on any atom is -0.393 e. The molecule has 100 valence electrons. The summed E-state index contributed by atoms with van der Waals surface area (Å²) in [5.41, 5.74) is 4.19. The summed E-state index contributed by atoms with van der Waals surface area (Å²) in [5, 5.41) is 12.8. The lowest BCUT2D eigenvalue weighted by Gasteiger charge is -2.38. The van der Waals surface area contributed by atoms with E-state index in [9.17, 15) is 5.11 Å². The third-order valence-electron chi connectivity index (χ3n) is 4.06. The zero-order valence-electron chi connectivity index (χ0n) is 10.7. The number of hydrogen-bond acceptors (Lipinski definition) is 3. The van der Waals surface area contributed by atoms with Crippen molar-refractivity contribution in [3.05, 3.63) is 29.3 Å². The zero-order chi connectivity index (χ0) is 11.8. The van der Waals surface area contributed by atoms with E-state index >= 15 is 0 Å². The van der Waals surface area contributed by atoms with Gasteiger partial charge in [0.2, 0.25) is 0 Å². The number of halogens is 1. The number of nitrogens with zero attached hydrogens (tertiary/aromatic N) is 1. The molecule has 0 atom stereocenters. The molecule has 0 radical (unpaired) electrons. The molecule has 1 aromatic carbocycles. The summed E-state index contributed by atoms with van der Waals surface area (Å²) in [5.74, 6) is 0. The van der Waals surface area contributed by atoms with E-state index in [-0.39, 0.29) is 18.5 Å². The van der Waals surface area contributed by atoms with E-state index in [4.69, 9.17) is 0 Å². The van der Waals surface area contributed by atoms with Gasteiger partial charge in [0.05, 0.1) is 6.10 Å². The molecule has 0 aromatic heterocycles. The second kappa shape index (κ2) is 5.47. The van der Waals surface area contributed by atoms with Crippen molar-refractivity contribution in [3.63, 3.8) is 0 Å². The largest absolute Gasteiger partial charge is 0.393 e. The molecule has 1 saturated carbocycles. The third kappa shape index (κ3) is 2.48. The van der Waals surface area contributed by atoms with Gasteiger partial charge < -0.3 is 10.4 Å². The molecule has 1 heterocycles. The molecule has 1 aliphatic heterocycles. The Balaban J connectivity index is 0.00000120. The second-order valence-corrected chi connectivity index (χ2v) is 5.32. The van der Waals surface area contributed by atoms with Crippen molar-refractivity contribution in [1.29, 1.82) is 0 Å². The Labute approximate surface area is 115 Å². The molecule has 4 heteroatoms. The Hall–Kier alpha value is -0.770. The third-order valence-corrected chi connectivity index (χ3v) is 4.06. The van der Waals surface area contributed by atoms with E-state index in [0.717, 1.165) is 32.4 Å². The Morgan fingerprint density at radius 1 is 1.39 bits per heavy atom. The van der Waals surface area contributed by atoms with Crippen molar-refractivity contribution in [2.75, 3.05) is 18.9 Å². The summed E-state index contributed by atoms with van der Waals surface area (Å²) >= 11 is 0. The van der Waals surface area contributed by atoms with E-state index in [0.29, 0.717) is 6.04 Å². The number of nitrogens with one attached hydrogen (secondary N) is 1. The fourth-order valence-electron chi connectivity index (χ4n) is 2.86. The summed E-state index contributed by atoms with van der Waals surface area (Å²) in [6, 6.07) is 7.14. The Morgan fingerprint density at radius 3 is 2.89 bits per heavy atom. The highest BCUT2D eigenvalue weighted by atomic mass is 35.5. The fraction of sp³-hybridized carbons (Fsp3) is 0.571. The lowest BCUT2D eigenvalue weighted by molar-refractivity contribution is 0.00933. The standard InChI is InChI=1S/C14H20N2O.ClH/c1-16(12-7-13(17)8-12)9-11-4-2-3-10-5-6-15-14(10)11;/h2-4,12-13,15,17H,5-9H2,1H3;1H. The summed E-state index contributed by atoms with van der Waals surface area (Å²) in [6.07, 6.45) is 2.94.